The number of hydrogen-bond donors (Lipinski definition) is 1. The van der Waals surface area contributed by atoms with Crippen LogP contribution in [0.15, 0.2) is 77.7 Å². The fourth-order valence-corrected chi connectivity index (χ4v) is 7.41. The maximum absolute atomic E-state index is 13.1. The van der Waals surface area contributed by atoms with Gasteiger partial charge in [0.2, 0.25) is 0 Å². The van der Waals surface area contributed by atoms with Crippen LogP contribution >= 0.6 is 0 Å². The normalized spacial score (nSPS) is 22.5. The fraction of sp³-hybridized carbons (Fsp3) is 0.333. The average molecular weight is 503 g/mol. The number of alkyl halides is 3. The molecule has 35 heavy (non-hydrogen) atoms. The van der Waals surface area contributed by atoms with Crippen LogP contribution in [0.2, 0.25) is 0 Å². The Balaban J connectivity index is 1.38. The molecule has 8 heteroatoms. The number of hydrogen-bond acceptors (Lipinski definition) is 4. The Kier molecular flexibility index (Phi) is 6.13. The van der Waals surface area contributed by atoms with Gasteiger partial charge in [0.05, 0.1) is 16.8 Å². The zero-order valence-electron chi connectivity index (χ0n) is 18.8. The summed E-state index contributed by atoms with van der Waals surface area (Å²) in [6.07, 6.45) is -3.52. The van der Waals surface area contributed by atoms with Crippen LogP contribution in [0.5, 0.6) is 5.75 Å². The SMILES string of the molecule is O=S(=O)(CC1CCCC(C2c3ccccc3-c3ccccc32)C1O)c1ccc(OC(F)(F)F)cc1. The summed E-state index contributed by atoms with van der Waals surface area (Å²) >= 11 is 0. The first-order valence-electron chi connectivity index (χ1n) is 11.6. The van der Waals surface area contributed by atoms with Gasteiger partial charge in [0, 0.05) is 5.92 Å². The van der Waals surface area contributed by atoms with E-state index >= 15 is 0 Å². The molecule has 1 fully saturated rings. The van der Waals surface area contributed by atoms with E-state index in [1.807, 2.05) is 24.3 Å². The third kappa shape index (κ3) is 4.69. The van der Waals surface area contributed by atoms with E-state index in [0.29, 0.717) is 6.42 Å². The molecule has 0 heterocycles. The Bertz CT molecular complexity index is 1270. The minimum absolute atomic E-state index is 0.0123. The summed E-state index contributed by atoms with van der Waals surface area (Å²) in [5.41, 5.74) is 4.61. The summed E-state index contributed by atoms with van der Waals surface area (Å²) in [7, 11) is -3.82. The molecule has 184 valence electrons. The number of sulfone groups is 1. The predicted molar refractivity (Wildman–Crippen MR) is 126 cm³/mol. The molecule has 0 bridgehead atoms. The molecule has 2 aliphatic rings. The number of fused-ring (bicyclic) bond motifs is 3. The van der Waals surface area contributed by atoms with Gasteiger partial charge in [-0.3, -0.25) is 0 Å². The molecule has 5 rings (SSSR count). The smallest absolute Gasteiger partial charge is 0.406 e. The van der Waals surface area contributed by atoms with Crippen molar-refractivity contribution in [2.75, 3.05) is 5.75 Å². The lowest BCUT2D eigenvalue weighted by atomic mass is 9.70. The number of halogens is 3. The molecule has 2 aliphatic carbocycles. The van der Waals surface area contributed by atoms with Crippen LogP contribution in [0.3, 0.4) is 0 Å². The lowest BCUT2D eigenvalue weighted by Crippen LogP contribution is -2.40. The van der Waals surface area contributed by atoms with Gasteiger partial charge in [0.1, 0.15) is 5.75 Å². The number of benzene rings is 3. The van der Waals surface area contributed by atoms with Crippen molar-refractivity contribution < 1.29 is 31.4 Å². The maximum Gasteiger partial charge on any atom is 0.573 e. The van der Waals surface area contributed by atoms with Crippen LogP contribution in [-0.4, -0.2) is 31.7 Å². The second-order valence-electron chi connectivity index (χ2n) is 9.30. The quantitative estimate of drug-likeness (QED) is 0.469. The summed E-state index contributed by atoms with van der Waals surface area (Å²) in [4.78, 5) is -0.0853. The molecule has 0 radical (unpaired) electrons. The van der Waals surface area contributed by atoms with Crippen molar-refractivity contribution in [2.45, 2.75) is 42.5 Å². The molecule has 3 unspecified atom stereocenters. The third-order valence-corrected chi connectivity index (χ3v) is 9.05. The van der Waals surface area contributed by atoms with Gasteiger partial charge in [0.15, 0.2) is 9.84 Å². The first kappa shape index (κ1) is 23.9. The molecule has 1 N–H and O–H groups in total. The topological polar surface area (TPSA) is 63.6 Å². The molecular formula is C27H25F3O4S. The zero-order valence-corrected chi connectivity index (χ0v) is 19.6. The van der Waals surface area contributed by atoms with Crippen molar-refractivity contribution in [3.8, 4) is 16.9 Å². The predicted octanol–water partition coefficient (Wildman–Crippen LogP) is 5.95. The van der Waals surface area contributed by atoms with Gasteiger partial charge in [-0.2, -0.15) is 0 Å². The second-order valence-corrected chi connectivity index (χ2v) is 11.3. The van der Waals surface area contributed by atoms with E-state index in [4.69, 9.17) is 0 Å². The number of aliphatic hydroxyl groups excluding tert-OH is 1. The minimum atomic E-state index is -4.85. The van der Waals surface area contributed by atoms with Crippen LogP contribution in [0, 0.1) is 11.8 Å². The molecule has 0 aliphatic heterocycles. The Hall–Kier alpha value is -2.84. The summed E-state index contributed by atoms with van der Waals surface area (Å²) in [5, 5.41) is 11.4. The van der Waals surface area contributed by atoms with E-state index in [1.54, 1.807) is 0 Å². The van der Waals surface area contributed by atoms with Crippen molar-refractivity contribution in [3.63, 3.8) is 0 Å². The summed E-state index contributed by atoms with van der Waals surface area (Å²) < 4.78 is 67.2. The summed E-state index contributed by atoms with van der Waals surface area (Å²) in [6, 6.07) is 20.5. The van der Waals surface area contributed by atoms with Gasteiger partial charge in [-0.1, -0.05) is 55.0 Å². The average Bonchev–Trinajstić information content (AvgIpc) is 3.14. The van der Waals surface area contributed by atoms with Crippen LogP contribution in [-0.2, 0) is 9.84 Å². The zero-order chi connectivity index (χ0) is 24.8. The van der Waals surface area contributed by atoms with Crippen LogP contribution in [0.1, 0.15) is 36.3 Å². The van der Waals surface area contributed by atoms with E-state index in [9.17, 15) is 26.7 Å². The molecule has 0 aromatic heterocycles. The Morgan fingerprint density at radius 2 is 1.43 bits per heavy atom. The molecule has 4 nitrogen and oxygen atoms in total. The van der Waals surface area contributed by atoms with Gasteiger partial charge in [-0.05, 0) is 71.2 Å². The fourth-order valence-electron chi connectivity index (χ4n) is 5.74. The standard InChI is InChI=1S/C27H25F3O4S/c28-27(29,30)34-18-12-14-19(15-13-18)35(32,33)16-17-6-5-11-24(26(17)31)25-22-9-3-1-7-20(22)21-8-2-4-10-23(21)25/h1-4,7-10,12-15,17,24-26,31H,5-6,11,16H2. The van der Waals surface area contributed by atoms with Crippen LogP contribution < -0.4 is 4.74 Å². The van der Waals surface area contributed by atoms with Crippen molar-refractivity contribution in [3.05, 3.63) is 83.9 Å². The summed E-state index contributed by atoms with van der Waals surface area (Å²) in [6.45, 7) is 0. The van der Waals surface area contributed by atoms with E-state index in [-0.39, 0.29) is 22.5 Å². The van der Waals surface area contributed by atoms with E-state index < -0.39 is 34.0 Å². The highest BCUT2D eigenvalue weighted by atomic mass is 32.2. The van der Waals surface area contributed by atoms with Crippen molar-refractivity contribution >= 4 is 9.84 Å². The van der Waals surface area contributed by atoms with Crippen molar-refractivity contribution in [1.82, 2.24) is 0 Å². The Labute approximate surface area is 202 Å². The summed E-state index contributed by atoms with van der Waals surface area (Å²) in [5.74, 6) is -1.35. The second kappa shape index (κ2) is 8.99. The Morgan fingerprint density at radius 1 is 0.857 bits per heavy atom. The molecule has 0 saturated heterocycles. The highest BCUT2D eigenvalue weighted by molar-refractivity contribution is 7.91. The van der Waals surface area contributed by atoms with Crippen LogP contribution in [0.25, 0.3) is 11.1 Å². The monoisotopic (exact) mass is 502 g/mol. The van der Waals surface area contributed by atoms with Gasteiger partial charge in [-0.15, -0.1) is 13.2 Å². The largest absolute Gasteiger partial charge is 0.573 e. The van der Waals surface area contributed by atoms with Gasteiger partial charge in [0.25, 0.3) is 0 Å². The van der Waals surface area contributed by atoms with E-state index in [0.717, 1.165) is 59.4 Å². The molecule has 3 aromatic carbocycles. The van der Waals surface area contributed by atoms with E-state index in [2.05, 4.69) is 29.0 Å². The number of aliphatic hydroxyl groups is 1. The molecular weight excluding hydrogens is 477 g/mol. The van der Waals surface area contributed by atoms with Crippen molar-refractivity contribution in [1.29, 1.82) is 0 Å². The number of rotatable bonds is 5. The molecule has 1 saturated carbocycles. The lowest BCUT2D eigenvalue weighted by Gasteiger charge is -2.38. The van der Waals surface area contributed by atoms with Gasteiger partial charge in [-0.25, -0.2) is 8.42 Å². The third-order valence-electron chi connectivity index (χ3n) is 7.19. The lowest BCUT2D eigenvalue weighted by molar-refractivity contribution is -0.274. The molecule has 0 spiro atoms. The first-order valence-corrected chi connectivity index (χ1v) is 13.2. The highest BCUT2D eigenvalue weighted by Crippen LogP contribution is 2.52. The molecule has 3 atom stereocenters. The van der Waals surface area contributed by atoms with Crippen molar-refractivity contribution in [2.24, 2.45) is 11.8 Å². The first-order chi connectivity index (χ1) is 16.6. The van der Waals surface area contributed by atoms with Gasteiger partial charge >= 0.3 is 6.36 Å². The maximum atomic E-state index is 13.1. The number of ether oxygens (including phenoxy) is 1. The Morgan fingerprint density at radius 3 is 2.00 bits per heavy atom. The van der Waals surface area contributed by atoms with Crippen LogP contribution in [0.4, 0.5) is 13.2 Å². The van der Waals surface area contributed by atoms with Gasteiger partial charge < -0.3 is 9.84 Å². The highest BCUT2D eigenvalue weighted by Gasteiger charge is 2.43. The van der Waals surface area contributed by atoms with E-state index in [1.165, 1.54) is 0 Å². The minimum Gasteiger partial charge on any atom is -0.406 e. The molecule has 3 aromatic rings. The molecule has 0 amide bonds.